The van der Waals surface area contributed by atoms with Crippen molar-refractivity contribution in [3.05, 3.63) is 59.0 Å². The molecule has 0 amide bonds. The molecule has 0 fully saturated rings. The fourth-order valence-electron chi connectivity index (χ4n) is 2.66. The van der Waals surface area contributed by atoms with Gasteiger partial charge in [-0.1, -0.05) is 18.2 Å². The Morgan fingerprint density at radius 2 is 1.95 bits per heavy atom. The van der Waals surface area contributed by atoms with Crippen LogP contribution in [0, 0.1) is 13.8 Å². The number of aryl methyl sites for hydroxylation is 2. The molecule has 0 radical (unpaired) electrons. The Bertz CT molecular complexity index is 773. The summed E-state index contributed by atoms with van der Waals surface area (Å²) >= 11 is 0. The molecular formula is C16H18N4. The second-order valence-electron chi connectivity index (χ2n) is 5.15. The van der Waals surface area contributed by atoms with E-state index in [0.29, 0.717) is 0 Å². The highest BCUT2D eigenvalue weighted by atomic mass is 15.3. The summed E-state index contributed by atoms with van der Waals surface area (Å²) in [7, 11) is 1.94. The number of nitrogens with two attached hydrogens (primary N) is 1. The second kappa shape index (κ2) is 4.72. The van der Waals surface area contributed by atoms with Crippen LogP contribution >= 0.6 is 0 Å². The van der Waals surface area contributed by atoms with E-state index in [4.69, 9.17) is 5.73 Å². The van der Waals surface area contributed by atoms with Crippen molar-refractivity contribution in [3.63, 3.8) is 0 Å². The zero-order valence-corrected chi connectivity index (χ0v) is 12.0. The maximum Gasteiger partial charge on any atom is 0.0702 e. The number of hydrogen-bond acceptors (Lipinski definition) is 3. The first-order valence-corrected chi connectivity index (χ1v) is 6.68. The van der Waals surface area contributed by atoms with Crippen LogP contribution in [0.3, 0.4) is 0 Å². The minimum Gasteiger partial charge on any atom is -0.320 e. The van der Waals surface area contributed by atoms with Crippen molar-refractivity contribution in [2.45, 2.75) is 19.9 Å². The summed E-state index contributed by atoms with van der Waals surface area (Å²) in [6.07, 6.45) is 1.86. The molecule has 102 valence electrons. The monoisotopic (exact) mass is 266 g/mol. The molecule has 2 aromatic heterocycles. The summed E-state index contributed by atoms with van der Waals surface area (Å²) in [5.41, 5.74) is 11.6. The second-order valence-corrected chi connectivity index (χ2v) is 5.15. The number of pyridine rings is 1. The van der Waals surface area contributed by atoms with Crippen LogP contribution in [0.1, 0.15) is 28.6 Å². The average molecular weight is 266 g/mol. The van der Waals surface area contributed by atoms with Gasteiger partial charge >= 0.3 is 0 Å². The van der Waals surface area contributed by atoms with Crippen molar-refractivity contribution in [1.29, 1.82) is 0 Å². The van der Waals surface area contributed by atoms with E-state index in [9.17, 15) is 0 Å². The van der Waals surface area contributed by atoms with Crippen LogP contribution in [0.2, 0.25) is 0 Å². The summed E-state index contributed by atoms with van der Waals surface area (Å²) in [5, 5.41) is 5.55. The zero-order chi connectivity index (χ0) is 14.3. The number of hydrogen-bond donors (Lipinski definition) is 1. The summed E-state index contributed by atoms with van der Waals surface area (Å²) in [6.45, 7) is 4.04. The van der Waals surface area contributed by atoms with E-state index < -0.39 is 0 Å². The first-order chi connectivity index (χ1) is 9.58. The molecule has 20 heavy (non-hydrogen) atoms. The average Bonchev–Trinajstić information content (AvgIpc) is 2.71. The van der Waals surface area contributed by atoms with Crippen molar-refractivity contribution in [2.75, 3.05) is 0 Å². The molecule has 1 unspecified atom stereocenters. The molecule has 1 aromatic carbocycles. The van der Waals surface area contributed by atoms with Crippen molar-refractivity contribution in [3.8, 4) is 0 Å². The summed E-state index contributed by atoms with van der Waals surface area (Å²) in [4.78, 5) is 4.49. The molecule has 0 aliphatic heterocycles. The van der Waals surface area contributed by atoms with Crippen LogP contribution in [0.25, 0.3) is 10.9 Å². The molecule has 3 aromatic rings. The van der Waals surface area contributed by atoms with Gasteiger partial charge in [0.15, 0.2) is 0 Å². The highest BCUT2D eigenvalue weighted by Gasteiger charge is 2.18. The predicted octanol–water partition coefficient (Wildman–Crippen LogP) is 2.63. The summed E-state index contributed by atoms with van der Waals surface area (Å²) in [5.74, 6) is 0. The van der Waals surface area contributed by atoms with Crippen molar-refractivity contribution < 1.29 is 0 Å². The molecule has 0 bridgehead atoms. The molecule has 1 atom stereocenters. The molecule has 0 aliphatic rings. The Morgan fingerprint density at radius 1 is 1.20 bits per heavy atom. The Kier molecular flexibility index (Phi) is 3.03. The van der Waals surface area contributed by atoms with Crippen LogP contribution in [-0.4, -0.2) is 14.8 Å². The molecule has 0 aliphatic carbocycles. The lowest BCUT2D eigenvalue weighted by Gasteiger charge is -2.13. The molecule has 2 heterocycles. The van der Waals surface area contributed by atoms with Crippen molar-refractivity contribution in [1.82, 2.24) is 14.8 Å². The van der Waals surface area contributed by atoms with Gasteiger partial charge in [-0.05, 0) is 31.5 Å². The van der Waals surface area contributed by atoms with Gasteiger partial charge < -0.3 is 5.73 Å². The molecule has 4 heteroatoms. The van der Waals surface area contributed by atoms with Crippen LogP contribution in [0.5, 0.6) is 0 Å². The SMILES string of the molecule is Cc1nn(C)c(C)c1C(N)c1cnc2ccccc2c1. The predicted molar refractivity (Wildman–Crippen MR) is 80.5 cm³/mol. The van der Waals surface area contributed by atoms with Gasteiger partial charge in [-0.3, -0.25) is 9.67 Å². The fraction of sp³-hybridized carbons (Fsp3) is 0.250. The maximum absolute atomic E-state index is 6.43. The summed E-state index contributed by atoms with van der Waals surface area (Å²) < 4.78 is 1.87. The Hall–Kier alpha value is -2.20. The van der Waals surface area contributed by atoms with Gasteiger partial charge in [0.1, 0.15) is 0 Å². The third kappa shape index (κ3) is 1.98. The number of fused-ring (bicyclic) bond motifs is 1. The lowest BCUT2D eigenvalue weighted by Crippen LogP contribution is -2.14. The van der Waals surface area contributed by atoms with Gasteiger partial charge in [0.05, 0.1) is 17.3 Å². The minimum absolute atomic E-state index is 0.194. The van der Waals surface area contributed by atoms with Gasteiger partial charge in [-0.15, -0.1) is 0 Å². The Morgan fingerprint density at radius 3 is 2.65 bits per heavy atom. The van der Waals surface area contributed by atoms with Crippen molar-refractivity contribution >= 4 is 10.9 Å². The minimum atomic E-state index is -0.194. The van der Waals surface area contributed by atoms with E-state index in [1.54, 1.807) is 0 Å². The van der Waals surface area contributed by atoms with E-state index in [0.717, 1.165) is 33.4 Å². The number of rotatable bonds is 2. The van der Waals surface area contributed by atoms with Crippen LogP contribution in [0.15, 0.2) is 36.5 Å². The molecule has 3 rings (SSSR count). The van der Waals surface area contributed by atoms with Gasteiger partial charge in [0.25, 0.3) is 0 Å². The molecule has 2 N–H and O–H groups in total. The van der Waals surface area contributed by atoms with E-state index >= 15 is 0 Å². The number of nitrogens with zero attached hydrogens (tertiary/aromatic N) is 3. The lowest BCUT2D eigenvalue weighted by molar-refractivity contribution is 0.728. The maximum atomic E-state index is 6.43. The first-order valence-electron chi connectivity index (χ1n) is 6.68. The van der Waals surface area contributed by atoms with E-state index in [2.05, 4.69) is 22.2 Å². The molecule has 0 saturated carbocycles. The quantitative estimate of drug-likeness (QED) is 0.775. The lowest BCUT2D eigenvalue weighted by atomic mass is 9.98. The molecule has 4 nitrogen and oxygen atoms in total. The van der Waals surface area contributed by atoms with Crippen LogP contribution in [-0.2, 0) is 7.05 Å². The summed E-state index contributed by atoms with van der Waals surface area (Å²) in [6, 6.07) is 9.98. The third-order valence-electron chi connectivity index (χ3n) is 3.85. The smallest absolute Gasteiger partial charge is 0.0702 e. The van der Waals surface area contributed by atoms with E-state index in [1.807, 2.05) is 50.0 Å². The Balaban J connectivity index is 2.10. The van der Waals surface area contributed by atoms with Crippen LogP contribution in [0.4, 0.5) is 0 Å². The van der Waals surface area contributed by atoms with E-state index in [-0.39, 0.29) is 6.04 Å². The van der Waals surface area contributed by atoms with Crippen LogP contribution < -0.4 is 5.73 Å². The van der Waals surface area contributed by atoms with Gasteiger partial charge in [-0.2, -0.15) is 5.10 Å². The molecule has 0 spiro atoms. The topological polar surface area (TPSA) is 56.7 Å². The van der Waals surface area contributed by atoms with Gasteiger partial charge in [-0.25, -0.2) is 0 Å². The Labute approximate surface area is 118 Å². The molecular weight excluding hydrogens is 248 g/mol. The number of aromatic nitrogens is 3. The third-order valence-corrected chi connectivity index (χ3v) is 3.85. The van der Waals surface area contributed by atoms with E-state index in [1.165, 1.54) is 0 Å². The fourth-order valence-corrected chi connectivity index (χ4v) is 2.66. The zero-order valence-electron chi connectivity index (χ0n) is 12.0. The normalized spacial score (nSPS) is 12.8. The highest BCUT2D eigenvalue weighted by molar-refractivity contribution is 5.79. The number of para-hydroxylation sites is 1. The van der Waals surface area contributed by atoms with Gasteiger partial charge in [0.2, 0.25) is 0 Å². The first kappa shape index (κ1) is 12.8. The molecule has 0 saturated heterocycles. The number of benzene rings is 1. The highest BCUT2D eigenvalue weighted by Crippen LogP contribution is 2.26. The van der Waals surface area contributed by atoms with Gasteiger partial charge in [0, 0.05) is 29.9 Å². The van der Waals surface area contributed by atoms with Crippen molar-refractivity contribution in [2.24, 2.45) is 12.8 Å². The largest absolute Gasteiger partial charge is 0.320 e. The standard InChI is InChI=1S/C16H18N4/c1-10-15(11(2)20(3)19-10)16(17)13-8-12-6-4-5-7-14(12)18-9-13/h4-9,16H,17H2,1-3H3.